The Hall–Kier alpha value is -8.00. The highest BCUT2D eigenvalue weighted by Crippen LogP contribution is 2.12. The first kappa shape index (κ1) is 72.5. The molecule has 0 aliphatic rings. The predicted octanol–water partition coefficient (Wildman–Crippen LogP) is 1.85. The van der Waals surface area contributed by atoms with E-state index in [4.69, 9.17) is 64.4 Å². The van der Waals surface area contributed by atoms with Crippen molar-refractivity contribution in [2.75, 3.05) is 77.7 Å². The van der Waals surface area contributed by atoms with Crippen LogP contribution in [0.3, 0.4) is 0 Å². The molecule has 0 aliphatic heterocycles. The van der Waals surface area contributed by atoms with E-state index in [9.17, 15) is 38.4 Å². The summed E-state index contributed by atoms with van der Waals surface area (Å²) in [6.07, 6.45) is 1.43. The standard InChI is InChI=1S/C62H84Cl2N12O12/c63-41-53(77)47(23-13-27-69-61(65)66)73-59(83)51(39-45-19-9-3-10-20-45)75-57(81)49(37-43-15-5-1-6-16-43)71-55(79)25-29-85-31-33-87-35-36-88-34-32-86-30-26-56(80)72-50(38-44-17-7-2-8-18-44)58(82)76-52(40-46-21-11-4-12-22-46)60(84)74-48(54(78)42-64)24-14-28-70-62(67)68/h1-12,15-22,47-52H,13-14,23-42H2,(H,71,79)(H,72,80)(H,73,83)(H,74,84)(H,75,81)(H,76,82)(H4,65,66,69)(H4,67,68,70). The Balaban J connectivity index is 1.19. The minimum Gasteiger partial charge on any atom is -0.379 e. The van der Waals surface area contributed by atoms with E-state index in [0.29, 0.717) is 25.9 Å². The van der Waals surface area contributed by atoms with Crippen LogP contribution in [0.5, 0.6) is 0 Å². The first-order chi connectivity index (χ1) is 42.5. The minimum atomic E-state index is -1.13. The maximum absolute atomic E-state index is 14.1. The van der Waals surface area contributed by atoms with Gasteiger partial charge in [-0.3, -0.25) is 49.2 Å². The zero-order valence-corrected chi connectivity index (χ0v) is 50.9. The van der Waals surface area contributed by atoms with Crippen LogP contribution in [0.25, 0.3) is 0 Å². The molecule has 6 atom stereocenters. The van der Waals surface area contributed by atoms with Crippen molar-refractivity contribution in [2.24, 2.45) is 11.5 Å². The molecule has 4 aromatic carbocycles. The summed E-state index contributed by atoms with van der Waals surface area (Å²) in [5.41, 5.74) is 13.8. The van der Waals surface area contributed by atoms with Gasteiger partial charge < -0.3 is 72.9 Å². The van der Waals surface area contributed by atoms with Gasteiger partial charge in [0.2, 0.25) is 35.4 Å². The van der Waals surface area contributed by atoms with E-state index in [-0.39, 0.29) is 128 Å². The third kappa shape index (κ3) is 30.6. The molecule has 478 valence electrons. The van der Waals surface area contributed by atoms with Crippen molar-refractivity contribution < 1.29 is 57.3 Å². The van der Waals surface area contributed by atoms with Gasteiger partial charge in [-0.2, -0.15) is 0 Å². The Labute approximate surface area is 523 Å². The molecule has 0 saturated heterocycles. The highest BCUT2D eigenvalue weighted by atomic mass is 35.5. The molecule has 24 nitrogen and oxygen atoms in total. The van der Waals surface area contributed by atoms with Gasteiger partial charge in [0.25, 0.3) is 0 Å². The number of halogens is 2. The van der Waals surface area contributed by atoms with Gasteiger partial charge in [-0.05, 0) is 47.9 Å². The van der Waals surface area contributed by atoms with Crippen molar-refractivity contribution >= 4 is 82.1 Å². The number of nitrogens with two attached hydrogens (primary N) is 2. The Morgan fingerprint density at radius 3 is 0.886 bits per heavy atom. The topological polar surface area (TPSA) is 369 Å². The van der Waals surface area contributed by atoms with Crippen molar-refractivity contribution in [3.8, 4) is 0 Å². The molecule has 6 amide bonds. The quantitative estimate of drug-likeness (QED) is 0.0130. The summed E-state index contributed by atoms with van der Waals surface area (Å²) in [5.74, 6) is -5.39. The number of nitrogens with one attached hydrogen (secondary N) is 10. The van der Waals surface area contributed by atoms with Crippen LogP contribution in [0.2, 0.25) is 0 Å². The van der Waals surface area contributed by atoms with E-state index >= 15 is 0 Å². The lowest BCUT2D eigenvalue weighted by atomic mass is 10.0. The van der Waals surface area contributed by atoms with E-state index in [1.165, 1.54) is 0 Å². The van der Waals surface area contributed by atoms with Crippen LogP contribution in [0.4, 0.5) is 0 Å². The molecular weight excluding hydrogens is 1180 g/mol. The Bertz CT molecular complexity index is 2590. The lowest BCUT2D eigenvalue weighted by Crippen LogP contribution is -2.57. The SMILES string of the molecule is N=C(N)NCCCC(NC(=O)C(Cc1ccccc1)NC(=O)C(Cc1ccccc1)NC(=O)CCOCCOCCOCCOCCC(=O)NC(Cc1ccccc1)C(=O)NC(Cc1ccccc1)C(=O)NC(CCCNC(=N)N)C(=O)CCl)C(=O)CCl. The van der Waals surface area contributed by atoms with Gasteiger partial charge in [-0.25, -0.2) is 0 Å². The first-order valence-electron chi connectivity index (χ1n) is 29.1. The minimum absolute atomic E-state index is 0.0251. The molecule has 4 aromatic rings. The molecule has 0 fully saturated rings. The highest BCUT2D eigenvalue weighted by Gasteiger charge is 2.32. The van der Waals surface area contributed by atoms with Crippen LogP contribution in [-0.4, -0.2) is 173 Å². The summed E-state index contributed by atoms with van der Waals surface area (Å²) in [6.45, 7) is 1.85. The molecule has 0 radical (unpaired) electrons. The number of amides is 6. The number of benzene rings is 4. The smallest absolute Gasteiger partial charge is 0.243 e. The van der Waals surface area contributed by atoms with E-state index in [0.717, 1.165) is 22.3 Å². The predicted molar refractivity (Wildman–Crippen MR) is 334 cm³/mol. The average Bonchev–Trinajstić information content (AvgIpc) is 3.73. The van der Waals surface area contributed by atoms with E-state index in [2.05, 4.69) is 42.5 Å². The summed E-state index contributed by atoms with van der Waals surface area (Å²) in [6, 6.07) is 29.8. The molecule has 14 N–H and O–H groups in total. The van der Waals surface area contributed by atoms with Gasteiger partial charge >= 0.3 is 0 Å². The second-order valence-corrected chi connectivity index (χ2v) is 20.9. The van der Waals surface area contributed by atoms with Crippen molar-refractivity contribution in [1.29, 1.82) is 10.8 Å². The molecule has 88 heavy (non-hydrogen) atoms. The second kappa shape index (κ2) is 42.8. The number of Topliss-reactive ketones (excluding diaryl/α,β-unsaturated/α-hetero) is 2. The summed E-state index contributed by atoms with van der Waals surface area (Å²) in [5, 5.41) is 36.8. The number of carbonyl (C=O) groups excluding carboxylic acids is 8. The zero-order chi connectivity index (χ0) is 63.7. The molecule has 0 bridgehead atoms. The molecule has 26 heteroatoms. The molecule has 0 spiro atoms. The van der Waals surface area contributed by atoms with E-state index in [1.54, 1.807) is 48.5 Å². The monoisotopic (exact) mass is 1260 g/mol. The van der Waals surface area contributed by atoms with Crippen LogP contribution in [0.1, 0.15) is 60.8 Å². The van der Waals surface area contributed by atoms with Gasteiger partial charge in [0.05, 0.1) is 76.7 Å². The number of rotatable bonds is 45. The van der Waals surface area contributed by atoms with Crippen molar-refractivity contribution in [3.05, 3.63) is 144 Å². The summed E-state index contributed by atoms with van der Waals surface area (Å²) < 4.78 is 22.5. The number of hydrogen-bond acceptors (Lipinski definition) is 14. The van der Waals surface area contributed by atoms with Crippen molar-refractivity contribution in [1.82, 2.24) is 42.5 Å². The van der Waals surface area contributed by atoms with Crippen LogP contribution in [-0.2, 0) is 83.0 Å². The maximum Gasteiger partial charge on any atom is 0.243 e. The number of ketones is 2. The van der Waals surface area contributed by atoms with E-state index < -0.39 is 83.3 Å². The fourth-order valence-corrected chi connectivity index (χ4v) is 9.19. The molecule has 0 heterocycles. The number of hydrogen-bond donors (Lipinski definition) is 12. The Morgan fingerprint density at radius 1 is 0.375 bits per heavy atom. The molecule has 0 saturated carbocycles. The van der Waals surface area contributed by atoms with E-state index in [1.807, 2.05) is 72.8 Å². The van der Waals surface area contributed by atoms with Crippen LogP contribution in [0.15, 0.2) is 121 Å². The lowest BCUT2D eigenvalue weighted by molar-refractivity contribution is -0.133. The Morgan fingerprint density at radius 2 is 0.625 bits per heavy atom. The summed E-state index contributed by atoms with van der Waals surface area (Å²) >= 11 is 11.8. The van der Waals surface area contributed by atoms with Gasteiger partial charge in [-0.1, -0.05) is 121 Å². The number of alkyl halides is 2. The van der Waals surface area contributed by atoms with Crippen molar-refractivity contribution in [2.45, 2.75) is 100 Å². The maximum atomic E-state index is 14.1. The number of carbonyl (C=O) groups is 8. The molecule has 0 aromatic heterocycles. The van der Waals surface area contributed by atoms with Gasteiger partial charge in [0.15, 0.2) is 23.5 Å². The van der Waals surface area contributed by atoms with Gasteiger partial charge in [0.1, 0.15) is 24.2 Å². The summed E-state index contributed by atoms with van der Waals surface area (Å²) in [4.78, 5) is 108. The van der Waals surface area contributed by atoms with Crippen LogP contribution >= 0.6 is 23.2 Å². The molecule has 6 unspecified atom stereocenters. The van der Waals surface area contributed by atoms with Gasteiger partial charge in [-0.15, -0.1) is 23.2 Å². The third-order valence-corrected chi connectivity index (χ3v) is 13.9. The Kier molecular flexibility index (Phi) is 35.2. The third-order valence-electron chi connectivity index (χ3n) is 13.4. The van der Waals surface area contributed by atoms with Crippen LogP contribution in [0, 0.1) is 10.8 Å². The highest BCUT2D eigenvalue weighted by molar-refractivity contribution is 6.29. The number of ether oxygens (including phenoxy) is 4. The number of guanidine groups is 2. The second-order valence-electron chi connectivity index (χ2n) is 20.4. The van der Waals surface area contributed by atoms with Crippen LogP contribution < -0.4 is 54.0 Å². The fraction of sp³-hybridized carbons (Fsp3) is 0.452. The molecule has 4 rings (SSSR count). The average molecular weight is 1260 g/mol. The van der Waals surface area contributed by atoms with Gasteiger partial charge in [0, 0.05) is 51.6 Å². The summed E-state index contributed by atoms with van der Waals surface area (Å²) in [7, 11) is 0. The van der Waals surface area contributed by atoms with Crippen molar-refractivity contribution in [3.63, 3.8) is 0 Å². The normalized spacial score (nSPS) is 13.0. The molecular formula is C62H84Cl2N12O12. The fourth-order valence-electron chi connectivity index (χ4n) is 8.82. The first-order valence-corrected chi connectivity index (χ1v) is 30.2. The largest absolute Gasteiger partial charge is 0.379 e. The molecule has 0 aliphatic carbocycles. The zero-order valence-electron chi connectivity index (χ0n) is 49.4. The lowest BCUT2D eigenvalue weighted by Gasteiger charge is -2.25.